The van der Waals surface area contributed by atoms with Gasteiger partial charge in [-0.05, 0) is 6.07 Å². The van der Waals surface area contributed by atoms with E-state index in [1.54, 1.807) is 6.07 Å². The first-order chi connectivity index (χ1) is 7.01. The summed E-state index contributed by atoms with van der Waals surface area (Å²) in [7, 11) is 0. The largest absolute Gasteiger partial charge is 0.468 e. The molecule has 0 aliphatic rings. The lowest BCUT2D eigenvalue weighted by Crippen LogP contribution is -2.19. The molecule has 1 aromatic heterocycles. The second-order valence-corrected chi connectivity index (χ2v) is 2.76. The highest BCUT2D eigenvalue weighted by Crippen LogP contribution is 2.17. The number of nitrogens with one attached hydrogen (secondary N) is 1. The van der Waals surface area contributed by atoms with E-state index < -0.39 is 12.8 Å². The Kier molecular flexibility index (Phi) is 3.84. The molecular formula is C8H7F3N2OS. The second kappa shape index (κ2) is 4.92. The monoisotopic (exact) mass is 236 g/mol. The zero-order valence-electron chi connectivity index (χ0n) is 7.41. The van der Waals surface area contributed by atoms with E-state index in [0.29, 0.717) is 5.82 Å². The molecular weight excluding hydrogens is 229 g/mol. The molecule has 1 N–H and O–H groups in total. The first kappa shape index (κ1) is 11.7. The standard InChI is InChI=1S/C8H7F3N2OS/c9-8(10,11)4-14-7-3-1-2-6(13-7)12-5-15/h1-3,5H,4H2,(H,12,13,15). The van der Waals surface area contributed by atoms with Crippen molar-refractivity contribution in [2.75, 3.05) is 11.9 Å². The van der Waals surface area contributed by atoms with Gasteiger partial charge in [-0.1, -0.05) is 18.3 Å². The molecule has 82 valence electrons. The minimum Gasteiger partial charge on any atom is -0.468 e. The average Bonchev–Trinajstić information content (AvgIpc) is 2.15. The van der Waals surface area contributed by atoms with E-state index in [1.165, 1.54) is 17.6 Å². The van der Waals surface area contributed by atoms with Gasteiger partial charge in [0.15, 0.2) is 6.61 Å². The summed E-state index contributed by atoms with van der Waals surface area (Å²) in [6.45, 7) is -1.36. The average molecular weight is 236 g/mol. The normalized spacial score (nSPS) is 10.9. The highest BCUT2D eigenvalue weighted by Gasteiger charge is 2.28. The lowest BCUT2D eigenvalue weighted by atomic mass is 10.4. The van der Waals surface area contributed by atoms with Crippen molar-refractivity contribution in [1.82, 2.24) is 4.98 Å². The van der Waals surface area contributed by atoms with Gasteiger partial charge in [0.25, 0.3) is 0 Å². The molecule has 1 aromatic rings. The van der Waals surface area contributed by atoms with Crippen LogP contribution in [0.1, 0.15) is 0 Å². The Hall–Kier alpha value is -1.37. The summed E-state index contributed by atoms with van der Waals surface area (Å²) in [4.78, 5) is 3.73. The van der Waals surface area contributed by atoms with E-state index in [0.717, 1.165) is 0 Å². The van der Waals surface area contributed by atoms with Crippen LogP contribution in [0.25, 0.3) is 0 Å². The van der Waals surface area contributed by atoms with Gasteiger partial charge in [-0.15, -0.1) is 0 Å². The maximum absolute atomic E-state index is 11.8. The lowest BCUT2D eigenvalue weighted by Gasteiger charge is -2.08. The Morgan fingerprint density at radius 3 is 2.80 bits per heavy atom. The number of hydrogen-bond donors (Lipinski definition) is 1. The number of ether oxygens (including phenoxy) is 1. The summed E-state index contributed by atoms with van der Waals surface area (Å²) in [5.41, 5.74) is 1.20. The van der Waals surface area contributed by atoms with Crippen molar-refractivity contribution in [3.8, 4) is 5.88 Å². The van der Waals surface area contributed by atoms with Crippen LogP contribution in [0, 0.1) is 0 Å². The van der Waals surface area contributed by atoms with Crippen molar-refractivity contribution in [3.05, 3.63) is 18.2 Å². The van der Waals surface area contributed by atoms with Crippen LogP contribution in [0.2, 0.25) is 0 Å². The van der Waals surface area contributed by atoms with Crippen LogP contribution >= 0.6 is 12.2 Å². The van der Waals surface area contributed by atoms with E-state index in [1.807, 2.05) is 0 Å². The molecule has 0 saturated carbocycles. The molecule has 0 amide bonds. The molecule has 7 heteroatoms. The quantitative estimate of drug-likeness (QED) is 0.814. The van der Waals surface area contributed by atoms with Crippen molar-refractivity contribution in [3.63, 3.8) is 0 Å². The predicted molar refractivity (Wildman–Crippen MR) is 53.1 cm³/mol. The fourth-order valence-corrected chi connectivity index (χ4v) is 0.912. The highest BCUT2D eigenvalue weighted by atomic mass is 32.1. The van der Waals surface area contributed by atoms with E-state index in [9.17, 15) is 13.2 Å². The molecule has 0 unspecified atom stereocenters. The smallest absolute Gasteiger partial charge is 0.422 e. The van der Waals surface area contributed by atoms with Crippen LogP contribution in [-0.2, 0) is 0 Å². The number of rotatable bonds is 4. The minimum atomic E-state index is -4.37. The summed E-state index contributed by atoms with van der Waals surface area (Å²) in [6, 6.07) is 4.41. The fraction of sp³-hybridized carbons (Fsp3) is 0.250. The lowest BCUT2D eigenvalue weighted by molar-refractivity contribution is -0.154. The van der Waals surface area contributed by atoms with E-state index in [2.05, 4.69) is 27.3 Å². The van der Waals surface area contributed by atoms with Crippen molar-refractivity contribution < 1.29 is 17.9 Å². The van der Waals surface area contributed by atoms with Gasteiger partial charge in [0.1, 0.15) is 5.82 Å². The number of hydrogen-bond acceptors (Lipinski definition) is 3. The maximum atomic E-state index is 11.8. The number of alkyl halides is 3. The molecule has 3 nitrogen and oxygen atoms in total. The summed E-state index contributed by atoms with van der Waals surface area (Å²) >= 11 is 4.50. The second-order valence-electron chi connectivity index (χ2n) is 2.53. The molecule has 0 aromatic carbocycles. The Balaban J connectivity index is 2.61. The predicted octanol–water partition coefficient (Wildman–Crippen LogP) is 2.39. The fourth-order valence-electron chi connectivity index (χ4n) is 0.792. The third-order valence-electron chi connectivity index (χ3n) is 1.31. The van der Waals surface area contributed by atoms with Gasteiger partial charge in [-0.2, -0.15) is 18.2 Å². The number of anilines is 1. The number of nitrogens with zero attached hydrogens (tertiary/aromatic N) is 1. The van der Waals surface area contributed by atoms with E-state index in [4.69, 9.17) is 0 Å². The van der Waals surface area contributed by atoms with Gasteiger partial charge in [0.2, 0.25) is 5.88 Å². The van der Waals surface area contributed by atoms with Gasteiger partial charge in [0.05, 0.1) is 5.49 Å². The third-order valence-corrected chi connectivity index (χ3v) is 1.43. The molecule has 0 atom stereocenters. The van der Waals surface area contributed by atoms with Crippen molar-refractivity contribution >= 4 is 23.5 Å². The molecule has 0 saturated heterocycles. The van der Waals surface area contributed by atoms with Crippen molar-refractivity contribution in [1.29, 1.82) is 0 Å². The topological polar surface area (TPSA) is 34.1 Å². The Morgan fingerprint density at radius 2 is 2.20 bits per heavy atom. The van der Waals surface area contributed by atoms with Crippen LogP contribution in [0.3, 0.4) is 0 Å². The Labute approximate surface area is 89.3 Å². The zero-order valence-corrected chi connectivity index (χ0v) is 8.23. The highest BCUT2D eigenvalue weighted by molar-refractivity contribution is 7.79. The molecule has 15 heavy (non-hydrogen) atoms. The molecule has 0 fully saturated rings. The number of halogens is 3. The van der Waals surface area contributed by atoms with Crippen LogP contribution in [-0.4, -0.2) is 23.3 Å². The molecule has 0 aliphatic heterocycles. The van der Waals surface area contributed by atoms with Gasteiger partial charge >= 0.3 is 6.18 Å². The first-order valence-corrected chi connectivity index (χ1v) is 4.35. The Bertz CT molecular complexity index is 343. The molecule has 0 bridgehead atoms. The summed E-state index contributed by atoms with van der Waals surface area (Å²) < 4.78 is 39.8. The molecule has 0 aliphatic carbocycles. The zero-order chi connectivity index (χ0) is 11.3. The SMILES string of the molecule is FC(F)(F)COc1cccc(NC=S)n1. The van der Waals surface area contributed by atoms with Crippen LogP contribution in [0.15, 0.2) is 18.2 Å². The summed E-state index contributed by atoms with van der Waals surface area (Å²) in [5, 5.41) is 2.56. The summed E-state index contributed by atoms with van der Waals surface area (Å²) in [6.07, 6.45) is -4.37. The van der Waals surface area contributed by atoms with Gasteiger partial charge in [-0.3, -0.25) is 0 Å². The van der Waals surface area contributed by atoms with E-state index >= 15 is 0 Å². The third kappa shape index (κ3) is 4.59. The molecule has 0 spiro atoms. The van der Waals surface area contributed by atoms with Crippen LogP contribution in [0.4, 0.5) is 19.0 Å². The molecule has 1 heterocycles. The van der Waals surface area contributed by atoms with Crippen molar-refractivity contribution in [2.24, 2.45) is 0 Å². The number of thiocarbonyl (C=S) groups is 1. The van der Waals surface area contributed by atoms with Crippen molar-refractivity contribution in [2.45, 2.75) is 6.18 Å². The Morgan fingerprint density at radius 1 is 1.47 bits per heavy atom. The van der Waals surface area contributed by atoms with Gasteiger partial charge in [-0.25, -0.2) is 0 Å². The van der Waals surface area contributed by atoms with Gasteiger partial charge in [0, 0.05) is 6.07 Å². The van der Waals surface area contributed by atoms with Crippen LogP contribution in [0.5, 0.6) is 5.88 Å². The van der Waals surface area contributed by atoms with E-state index in [-0.39, 0.29) is 5.88 Å². The minimum absolute atomic E-state index is 0.103. The maximum Gasteiger partial charge on any atom is 0.422 e. The van der Waals surface area contributed by atoms with Crippen LogP contribution < -0.4 is 10.1 Å². The number of aromatic nitrogens is 1. The number of pyridine rings is 1. The first-order valence-electron chi connectivity index (χ1n) is 3.88. The summed E-state index contributed by atoms with van der Waals surface area (Å²) in [5.74, 6) is 0.235. The molecule has 0 radical (unpaired) electrons. The molecule has 1 rings (SSSR count). The van der Waals surface area contributed by atoms with Gasteiger partial charge < -0.3 is 10.1 Å².